The summed E-state index contributed by atoms with van der Waals surface area (Å²) in [6.45, 7) is 6.25. The van der Waals surface area contributed by atoms with Gasteiger partial charge in [0, 0.05) is 25.7 Å². The maximum absolute atomic E-state index is 6.18. The molecule has 1 aliphatic carbocycles. The van der Waals surface area contributed by atoms with Crippen LogP contribution in [0.4, 0.5) is 0 Å². The Bertz CT molecular complexity index is 426. The van der Waals surface area contributed by atoms with E-state index in [4.69, 9.17) is 5.73 Å². The van der Waals surface area contributed by atoms with E-state index in [0.717, 1.165) is 25.6 Å². The molecule has 0 heterocycles. The van der Waals surface area contributed by atoms with E-state index in [-0.39, 0.29) is 0 Å². The summed E-state index contributed by atoms with van der Waals surface area (Å²) < 4.78 is 0. The number of hydrogen-bond donors (Lipinski definition) is 1. The molecular formula is C18H31N3. The van der Waals surface area contributed by atoms with Crippen molar-refractivity contribution in [1.29, 1.82) is 0 Å². The Morgan fingerprint density at radius 2 is 1.86 bits per heavy atom. The lowest BCUT2D eigenvalue weighted by Gasteiger charge is -2.33. The highest BCUT2D eigenvalue weighted by Crippen LogP contribution is 2.43. The Kier molecular flexibility index (Phi) is 6.22. The Balaban J connectivity index is 2.18. The molecule has 1 saturated carbocycles. The first-order valence-electron chi connectivity index (χ1n) is 8.35. The van der Waals surface area contributed by atoms with Crippen molar-refractivity contribution in [3.05, 3.63) is 35.4 Å². The third kappa shape index (κ3) is 4.53. The van der Waals surface area contributed by atoms with Crippen LogP contribution in [0.2, 0.25) is 0 Å². The van der Waals surface area contributed by atoms with Crippen LogP contribution in [-0.2, 0) is 0 Å². The molecule has 0 spiro atoms. The van der Waals surface area contributed by atoms with Gasteiger partial charge in [0.2, 0.25) is 0 Å². The SMILES string of the molecule is CCCN(CCN(C)C)C(CN)c1ccccc1C1CC1. The highest BCUT2D eigenvalue weighted by Gasteiger charge is 2.29. The molecular weight excluding hydrogens is 258 g/mol. The third-order valence-electron chi connectivity index (χ3n) is 4.38. The topological polar surface area (TPSA) is 32.5 Å². The van der Waals surface area contributed by atoms with Gasteiger partial charge in [0.25, 0.3) is 0 Å². The van der Waals surface area contributed by atoms with Gasteiger partial charge >= 0.3 is 0 Å². The van der Waals surface area contributed by atoms with E-state index in [9.17, 15) is 0 Å². The third-order valence-corrected chi connectivity index (χ3v) is 4.38. The summed E-state index contributed by atoms with van der Waals surface area (Å²) in [4.78, 5) is 4.82. The van der Waals surface area contributed by atoms with Crippen LogP contribution in [0.25, 0.3) is 0 Å². The van der Waals surface area contributed by atoms with Crippen LogP contribution in [0, 0.1) is 0 Å². The second kappa shape index (κ2) is 7.92. The van der Waals surface area contributed by atoms with Gasteiger partial charge in [-0.2, -0.15) is 0 Å². The molecule has 0 saturated heterocycles. The van der Waals surface area contributed by atoms with Crippen molar-refractivity contribution in [2.75, 3.05) is 40.3 Å². The van der Waals surface area contributed by atoms with Crippen LogP contribution in [0.15, 0.2) is 24.3 Å². The molecule has 0 aliphatic heterocycles. The lowest BCUT2D eigenvalue weighted by atomic mass is 9.95. The van der Waals surface area contributed by atoms with Gasteiger partial charge < -0.3 is 10.6 Å². The van der Waals surface area contributed by atoms with Gasteiger partial charge in [-0.1, -0.05) is 31.2 Å². The summed E-state index contributed by atoms with van der Waals surface area (Å²) >= 11 is 0. The molecule has 1 aromatic carbocycles. The van der Waals surface area contributed by atoms with Crippen molar-refractivity contribution in [2.24, 2.45) is 5.73 Å². The van der Waals surface area contributed by atoms with Crippen LogP contribution < -0.4 is 5.73 Å². The summed E-state index contributed by atoms with van der Waals surface area (Å²) in [6, 6.07) is 9.31. The molecule has 3 nitrogen and oxygen atoms in total. The number of benzene rings is 1. The first-order valence-corrected chi connectivity index (χ1v) is 8.35. The minimum Gasteiger partial charge on any atom is -0.329 e. The minimum atomic E-state index is 0.363. The molecule has 118 valence electrons. The number of rotatable bonds is 9. The molecule has 0 amide bonds. The predicted octanol–water partition coefficient (Wildman–Crippen LogP) is 2.84. The molecule has 0 aromatic heterocycles. The Morgan fingerprint density at radius 1 is 1.14 bits per heavy atom. The minimum absolute atomic E-state index is 0.363. The largest absolute Gasteiger partial charge is 0.329 e. The molecule has 1 unspecified atom stereocenters. The van der Waals surface area contributed by atoms with E-state index in [0.29, 0.717) is 12.6 Å². The fraction of sp³-hybridized carbons (Fsp3) is 0.667. The second-order valence-corrected chi connectivity index (χ2v) is 6.49. The van der Waals surface area contributed by atoms with E-state index in [2.05, 4.69) is 55.1 Å². The first kappa shape index (κ1) is 16.5. The van der Waals surface area contributed by atoms with Crippen molar-refractivity contribution >= 4 is 0 Å². The van der Waals surface area contributed by atoms with Crippen molar-refractivity contribution in [3.63, 3.8) is 0 Å². The average Bonchev–Trinajstić information content (AvgIpc) is 3.30. The fourth-order valence-electron chi connectivity index (χ4n) is 3.09. The van der Waals surface area contributed by atoms with Gasteiger partial charge in [-0.25, -0.2) is 0 Å². The van der Waals surface area contributed by atoms with Gasteiger partial charge in [-0.3, -0.25) is 4.90 Å². The summed E-state index contributed by atoms with van der Waals surface area (Å²) in [6.07, 6.45) is 3.87. The van der Waals surface area contributed by atoms with E-state index in [1.807, 2.05) is 0 Å². The molecule has 1 atom stereocenters. The summed E-state index contributed by atoms with van der Waals surface area (Å²) in [7, 11) is 4.28. The highest BCUT2D eigenvalue weighted by molar-refractivity contribution is 5.35. The molecule has 0 bridgehead atoms. The molecule has 2 rings (SSSR count). The van der Waals surface area contributed by atoms with Crippen LogP contribution >= 0.6 is 0 Å². The second-order valence-electron chi connectivity index (χ2n) is 6.49. The molecule has 1 fully saturated rings. The van der Waals surface area contributed by atoms with E-state index >= 15 is 0 Å². The molecule has 21 heavy (non-hydrogen) atoms. The maximum atomic E-state index is 6.18. The monoisotopic (exact) mass is 289 g/mol. The summed E-state index contributed by atoms with van der Waals surface area (Å²) in [5.74, 6) is 0.785. The standard InChI is InChI=1S/C18H31N3/c1-4-11-21(13-12-20(2)3)18(14-19)17-8-6-5-7-16(17)15-9-10-15/h5-8,15,18H,4,9-14,19H2,1-3H3. The molecule has 3 heteroatoms. The summed E-state index contributed by atoms with van der Waals surface area (Å²) in [5.41, 5.74) is 9.18. The quantitative estimate of drug-likeness (QED) is 0.759. The van der Waals surface area contributed by atoms with E-state index in [1.54, 1.807) is 5.56 Å². The zero-order valence-electron chi connectivity index (χ0n) is 13.9. The predicted molar refractivity (Wildman–Crippen MR) is 90.6 cm³/mol. The van der Waals surface area contributed by atoms with Crippen molar-refractivity contribution in [1.82, 2.24) is 9.80 Å². The first-order chi connectivity index (χ1) is 10.2. The Morgan fingerprint density at radius 3 is 2.43 bits per heavy atom. The number of nitrogens with two attached hydrogens (primary N) is 1. The lowest BCUT2D eigenvalue weighted by Crippen LogP contribution is -2.39. The normalized spacial score (nSPS) is 16.7. The van der Waals surface area contributed by atoms with Gasteiger partial charge in [0.15, 0.2) is 0 Å². The zero-order chi connectivity index (χ0) is 15.2. The highest BCUT2D eigenvalue weighted by atomic mass is 15.2. The Hall–Kier alpha value is -0.900. The van der Waals surface area contributed by atoms with E-state index in [1.165, 1.54) is 24.8 Å². The number of likely N-dealkylation sites (N-methyl/N-ethyl adjacent to an activating group) is 1. The van der Waals surface area contributed by atoms with Crippen molar-refractivity contribution in [3.8, 4) is 0 Å². The van der Waals surface area contributed by atoms with Crippen molar-refractivity contribution in [2.45, 2.75) is 38.1 Å². The smallest absolute Gasteiger partial charge is 0.0473 e. The number of hydrogen-bond acceptors (Lipinski definition) is 3. The maximum Gasteiger partial charge on any atom is 0.0473 e. The summed E-state index contributed by atoms with van der Waals surface area (Å²) in [5, 5.41) is 0. The van der Waals surface area contributed by atoms with Crippen molar-refractivity contribution < 1.29 is 0 Å². The fourth-order valence-corrected chi connectivity index (χ4v) is 3.09. The van der Waals surface area contributed by atoms with Gasteiger partial charge in [0.05, 0.1) is 0 Å². The molecule has 1 aliphatic rings. The molecule has 1 aromatic rings. The van der Waals surface area contributed by atoms with Crippen LogP contribution in [0.5, 0.6) is 0 Å². The molecule has 2 N–H and O–H groups in total. The van der Waals surface area contributed by atoms with Gasteiger partial charge in [-0.05, 0) is 56.9 Å². The van der Waals surface area contributed by atoms with Crippen LogP contribution in [0.1, 0.15) is 49.3 Å². The van der Waals surface area contributed by atoms with Crippen LogP contribution in [0.3, 0.4) is 0 Å². The zero-order valence-corrected chi connectivity index (χ0v) is 13.9. The molecule has 0 radical (unpaired) electrons. The van der Waals surface area contributed by atoms with Crippen LogP contribution in [-0.4, -0.2) is 50.1 Å². The average molecular weight is 289 g/mol. The Labute approximate surface area is 130 Å². The van der Waals surface area contributed by atoms with Gasteiger partial charge in [-0.15, -0.1) is 0 Å². The van der Waals surface area contributed by atoms with E-state index < -0.39 is 0 Å². The lowest BCUT2D eigenvalue weighted by molar-refractivity contribution is 0.182. The number of nitrogens with zero attached hydrogens (tertiary/aromatic N) is 2. The van der Waals surface area contributed by atoms with Gasteiger partial charge in [0.1, 0.15) is 0 Å².